The van der Waals surface area contributed by atoms with Gasteiger partial charge in [0.05, 0.1) is 10.9 Å². The van der Waals surface area contributed by atoms with Crippen molar-refractivity contribution >= 4 is 27.1 Å². The second kappa shape index (κ2) is 8.15. The summed E-state index contributed by atoms with van der Waals surface area (Å²) in [5.41, 5.74) is 0.769. The number of carbonyl (C=O) groups excluding carboxylic acids is 1. The van der Waals surface area contributed by atoms with E-state index in [2.05, 4.69) is 5.32 Å². The number of nitrogens with one attached hydrogen (secondary N) is 1. The van der Waals surface area contributed by atoms with Crippen LogP contribution in [0.1, 0.15) is 26.8 Å². The van der Waals surface area contributed by atoms with E-state index in [9.17, 15) is 26.4 Å². The Balaban J connectivity index is 1.85. The summed E-state index contributed by atoms with van der Waals surface area (Å²) in [4.78, 5) is 12.9. The molecule has 0 aliphatic carbocycles. The summed E-state index contributed by atoms with van der Waals surface area (Å²) in [6, 6.07) is 13.0. The first-order valence-corrected chi connectivity index (χ1v) is 10.4. The number of rotatable bonds is 6. The van der Waals surface area contributed by atoms with Gasteiger partial charge in [-0.25, -0.2) is 12.8 Å². The number of alkyl halides is 2. The van der Waals surface area contributed by atoms with Gasteiger partial charge in [0.2, 0.25) is 9.84 Å². The number of hydrogen-bond donors (Lipinski definition) is 1. The quantitative estimate of drug-likeness (QED) is 0.637. The average molecular weight is 425 g/mol. The van der Waals surface area contributed by atoms with E-state index in [-0.39, 0.29) is 5.56 Å². The Morgan fingerprint density at radius 3 is 2.14 bits per heavy atom. The van der Waals surface area contributed by atoms with Crippen LogP contribution in [-0.2, 0) is 9.84 Å². The van der Waals surface area contributed by atoms with Crippen molar-refractivity contribution in [3.63, 3.8) is 0 Å². The minimum absolute atomic E-state index is 0.108. The Bertz CT molecular complexity index is 1050. The Hall–Kier alpha value is -2.65. The predicted octanol–water partition coefficient (Wildman–Crippen LogP) is 4.40. The van der Waals surface area contributed by atoms with Crippen molar-refractivity contribution in [1.29, 1.82) is 0 Å². The molecule has 3 aromatic rings. The molecule has 146 valence electrons. The second-order valence-corrected chi connectivity index (χ2v) is 8.70. The Kier molecular flexibility index (Phi) is 5.85. The highest BCUT2D eigenvalue weighted by atomic mass is 32.2. The van der Waals surface area contributed by atoms with Crippen LogP contribution >= 0.6 is 11.3 Å². The van der Waals surface area contributed by atoms with Crippen molar-refractivity contribution in [2.24, 2.45) is 0 Å². The minimum Gasteiger partial charge on any atom is -0.340 e. The zero-order chi connectivity index (χ0) is 20.3. The van der Waals surface area contributed by atoms with Gasteiger partial charge in [-0.3, -0.25) is 4.79 Å². The lowest BCUT2D eigenvalue weighted by Crippen LogP contribution is -2.28. The van der Waals surface area contributed by atoms with Crippen LogP contribution in [0.2, 0.25) is 0 Å². The van der Waals surface area contributed by atoms with Crippen LogP contribution in [0.5, 0.6) is 0 Å². The Morgan fingerprint density at radius 1 is 0.964 bits per heavy atom. The van der Waals surface area contributed by atoms with Crippen molar-refractivity contribution in [3.05, 3.63) is 87.9 Å². The summed E-state index contributed by atoms with van der Waals surface area (Å²) in [6.07, 6.45) is 0. The molecule has 2 aromatic carbocycles. The van der Waals surface area contributed by atoms with E-state index in [1.165, 1.54) is 35.6 Å². The molecule has 4 nitrogen and oxygen atoms in total. The van der Waals surface area contributed by atoms with Crippen LogP contribution in [0.15, 0.2) is 70.9 Å². The van der Waals surface area contributed by atoms with Gasteiger partial charge in [0.25, 0.3) is 5.91 Å². The fourth-order valence-corrected chi connectivity index (χ4v) is 4.07. The molecule has 1 atom stereocenters. The zero-order valence-corrected chi connectivity index (χ0v) is 15.8. The van der Waals surface area contributed by atoms with Crippen LogP contribution < -0.4 is 5.32 Å². The molecule has 0 aliphatic rings. The van der Waals surface area contributed by atoms with Crippen molar-refractivity contribution in [2.45, 2.75) is 16.7 Å². The van der Waals surface area contributed by atoms with Crippen LogP contribution in [-0.4, -0.2) is 20.1 Å². The standard InChI is InChI=1S/C19H14F3NO3S2/c20-14-7-3-12(4-8-14)17(16-2-1-11-27-16)23-18(24)13-5-9-15(10-6-13)28(25,26)19(21)22/h1-11,17,19H,(H,23,24). The summed E-state index contributed by atoms with van der Waals surface area (Å²) >= 11 is 1.41. The van der Waals surface area contributed by atoms with E-state index in [1.807, 2.05) is 17.5 Å². The first-order chi connectivity index (χ1) is 13.3. The summed E-state index contributed by atoms with van der Waals surface area (Å²) in [7, 11) is -4.72. The number of amides is 1. The molecule has 3 rings (SSSR count). The van der Waals surface area contributed by atoms with Gasteiger partial charge in [0, 0.05) is 10.4 Å². The molecule has 0 saturated heterocycles. The highest BCUT2D eigenvalue weighted by molar-refractivity contribution is 7.91. The van der Waals surface area contributed by atoms with Gasteiger partial charge >= 0.3 is 5.76 Å². The molecule has 1 N–H and O–H groups in total. The summed E-state index contributed by atoms with van der Waals surface area (Å²) in [6.45, 7) is 0. The van der Waals surface area contributed by atoms with Gasteiger partial charge in [0.1, 0.15) is 5.82 Å². The highest BCUT2D eigenvalue weighted by Crippen LogP contribution is 2.27. The second-order valence-electron chi connectivity index (χ2n) is 5.80. The average Bonchev–Trinajstić information content (AvgIpc) is 3.21. The summed E-state index contributed by atoms with van der Waals surface area (Å²) < 4.78 is 61.4. The normalized spacial score (nSPS) is 12.7. The van der Waals surface area contributed by atoms with Crippen molar-refractivity contribution in [3.8, 4) is 0 Å². The Labute approximate surface area is 163 Å². The van der Waals surface area contributed by atoms with Gasteiger partial charge in [-0.1, -0.05) is 18.2 Å². The molecule has 1 heterocycles. The van der Waals surface area contributed by atoms with Gasteiger partial charge in [-0.15, -0.1) is 11.3 Å². The van der Waals surface area contributed by atoms with Gasteiger partial charge in [-0.2, -0.15) is 8.78 Å². The third kappa shape index (κ3) is 4.26. The topological polar surface area (TPSA) is 63.2 Å². The lowest BCUT2D eigenvalue weighted by molar-refractivity contribution is 0.0943. The van der Waals surface area contributed by atoms with Crippen LogP contribution in [0.4, 0.5) is 13.2 Å². The molecule has 1 aromatic heterocycles. The SMILES string of the molecule is O=C(NC(c1ccc(F)cc1)c1cccs1)c1ccc(S(=O)(=O)C(F)F)cc1. The molecule has 0 bridgehead atoms. The largest absolute Gasteiger partial charge is 0.341 e. The van der Waals surface area contributed by atoms with Crippen LogP contribution in [0, 0.1) is 5.82 Å². The molecule has 9 heteroatoms. The molecule has 0 fully saturated rings. The summed E-state index contributed by atoms with van der Waals surface area (Å²) in [5.74, 6) is -4.46. The molecule has 1 amide bonds. The smallest absolute Gasteiger partial charge is 0.340 e. The van der Waals surface area contributed by atoms with E-state index < -0.39 is 38.3 Å². The maximum absolute atomic E-state index is 13.2. The zero-order valence-electron chi connectivity index (χ0n) is 14.2. The Morgan fingerprint density at radius 2 is 1.61 bits per heavy atom. The fourth-order valence-electron chi connectivity index (χ4n) is 2.54. The van der Waals surface area contributed by atoms with E-state index in [4.69, 9.17) is 0 Å². The molecule has 28 heavy (non-hydrogen) atoms. The van der Waals surface area contributed by atoms with Gasteiger partial charge in [0.15, 0.2) is 0 Å². The van der Waals surface area contributed by atoms with Crippen molar-refractivity contribution in [2.75, 3.05) is 0 Å². The maximum atomic E-state index is 13.2. The highest BCUT2D eigenvalue weighted by Gasteiger charge is 2.27. The van der Waals surface area contributed by atoms with E-state index in [1.54, 1.807) is 12.1 Å². The summed E-state index contributed by atoms with van der Waals surface area (Å²) in [5, 5.41) is 4.64. The molecule has 0 saturated carbocycles. The lowest BCUT2D eigenvalue weighted by Gasteiger charge is -2.18. The van der Waals surface area contributed by atoms with Crippen molar-refractivity contribution < 1.29 is 26.4 Å². The number of halogens is 3. The number of thiophene rings is 1. The minimum atomic E-state index is -4.72. The van der Waals surface area contributed by atoms with Gasteiger partial charge < -0.3 is 5.32 Å². The molecule has 0 aliphatic heterocycles. The predicted molar refractivity (Wildman–Crippen MR) is 99.7 cm³/mol. The molecule has 0 radical (unpaired) electrons. The van der Waals surface area contributed by atoms with Gasteiger partial charge in [-0.05, 0) is 53.4 Å². The van der Waals surface area contributed by atoms with E-state index in [0.29, 0.717) is 5.56 Å². The maximum Gasteiger partial charge on any atom is 0.341 e. The fraction of sp³-hybridized carbons (Fsp3) is 0.105. The number of sulfone groups is 1. The first-order valence-electron chi connectivity index (χ1n) is 8.01. The third-order valence-electron chi connectivity index (χ3n) is 3.99. The molecule has 0 spiro atoms. The molecular formula is C19H14F3NO3S2. The number of carbonyl (C=O) groups is 1. The van der Waals surface area contributed by atoms with Crippen LogP contribution in [0.25, 0.3) is 0 Å². The van der Waals surface area contributed by atoms with E-state index in [0.717, 1.165) is 17.0 Å². The first kappa shape index (κ1) is 20.1. The van der Waals surface area contributed by atoms with E-state index >= 15 is 0 Å². The third-order valence-corrected chi connectivity index (χ3v) is 6.32. The molecular weight excluding hydrogens is 411 g/mol. The lowest BCUT2D eigenvalue weighted by atomic mass is 10.0. The molecule has 1 unspecified atom stereocenters. The number of benzene rings is 2. The monoisotopic (exact) mass is 425 g/mol. The van der Waals surface area contributed by atoms with Crippen molar-refractivity contribution in [1.82, 2.24) is 5.32 Å². The van der Waals surface area contributed by atoms with Crippen LogP contribution in [0.3, 0.4) is 0 Å². The number of hydrogen-bond acceptors (Lipinski definition) is 4.